The molecule has 0 aliphatic carbocycles. The molecule has 0 spiro atoms. The van der Waals surface area contributed by atoms with Crippen LogP contribution in [-0.4, -0.2) is 159 Å². The topological polar surface area (TPSA) is 221 Å². The standard InChI is InChI=1S/C12H22O11.Ca.H2O.2H/c13-1-3-5(15)6(16)9(19)12(22-3)23-10-4(2-14)21-11(20)8(18)7(10)17;;;;/h3-20H,1-2H2;;1H2;;/q;+2;;2*-1/t3-,4-,5+,6+,7-,8-,9-,10-,11+,12+;;;;/m1..../s1. The molecule has 148 valence electrons. The van der Waals surface area contributed by atoms with Crippen LogP contribution in [0, 0.1) is 0 Å². The molecule has 0 aromatic carbocycles. The summed E-state index contributed by atoms with van der Waals surface area (Å²) in [6.45, 7) is -1.35. The van der Waals surface area contributed by atoms with Crippen LogP contribution in [-0.2, 0) is 14.2 Å². The molecule has 0 aromatic heterocycles. The molecule has 10 N–H and O–H groups in total. The van der Waals surface area contributed by atoms with Gasteiger partial charge in [0.2, 0.25) is 0 Å². The van der Waals surface area contributed by atoms with Gasteiger partial charge in [-0.25, -0.2) is 0 Å². The maximum absolute atomic E-state index is 9.94. The minimum atomic E-state index is -1.74. The van der Waals surface area contributed by atoms with Crippen LogP contribution >= 0.6 is 0 Å². The molecule has 0 saturated carbocycles. The van der Waals surface area contributed by atoms with Gasteiger partial charge in [-0.3, -0.25) is 0 Å². The first kappa shape index (κ1) is 25.8. The molecule has 2 aliphatic heterocycles. The SMILES string of the molecule is O.OC[C@H]1O[C@@H](O[C@H]2[C@H](O)[C@@H](O)[C@@H](O)O[C@@H]2CO)[C@H](O)[C@@H](O)[C@H]1O.[Ca+2].[H-].[H-]. The van der Waals surface area contributed by atoms with Crippen molar-refractivity contribution in [3.63, 3.8) is 0 Å². The van der Waals surface area contributed by atoms with Crippen LogP contribution in [0.25, 0.3) is 0 Å². The van der Waals surface area contributed by atoms with Crippen molar-refractivity contribution in [2.75, 3.05) is 13.2 Å². The van der Waals surface area contributed by atoms with Gasteiger partial charge >= 0.3 is 37.7 Å². The minimum absolute atomic E-state index is 0. The van der Waals surface area contributed by atoms with Gasteiger partial charge in [0, 0.05) is 0 Å². The second-order valence-corrected chi connectivity index (χ2v) is 5.53. The summed E-state index contributed by atoms with van der Waals surface area (Å²) < 4.78 is 15.3. The van der Waals surface area contributed by atoms with E-state index in [1.165, 1.54) is 0 Å². The first-order valence-electron chi connectivity index (χ1n) is 7.08. The van der Waals surface area contributed by atoms with Crippen LogP contribution in [0.1, 0.15) is 2.85 Å². The van der Waals surface area contributed by atoms with E-state index in [1.54, 1.807) is 0 Å². The van der Waals surface area contributed by atoms with Gasteiger partial charge in [-0.15, -0.1) is 0 Å². The number of hydrogen-bond donors (Lipinski definition) is 8. The summed E-state index contributed by atoms with van der Waals surface area (Å²) in [6.07, 6.45) is -15.6. The van der Waals surface area contributed by atoms with Crippen molar-refractivity contribution in [1.29, 1.82) is 0 Å². The van der Waals surface area contributed by atoms with Crippen LogP contribution < -0.4 is 0 Å². The molecule has 2 saturated heterocycles. The van der Waals surface area contributed by atoms with Gasteiger partial charge in [0.25, 0.3) is 0 Å². The van der Waals surface area contributed by atoms with Crippen LogP contribution in [0.5, 0.6) is 0 Å². The summed E-state index contributed by atoms with van der Waals surface area (Å²) in [6, 6.07) is 0. The number of ether oxygens (including phenoxy) is 3. The Balaban J connectivity index is -0.00000144. The summed E-state index contributed by atoms with van der Waals surface area (Å²) in [4.78, 5) is 0. The van der Waals surface area contributed by atoms with Crippen molar-refractivity contribution < 1.29 is 63.4 Å². The molecule has 0 unspecified atom stereocenters. The first-order valence-corrected chi connectivity index (χ1v) is 7.08. The smallest absolute Gasteiger partial charge is 1.00 e. The Bertz CT molecular complexity index is 395. The van der Waals surface area contributed by atoms with E-state index >= 15 is 0 Å². The van der Waals surface area contributed by atoms with Crippen molar-refractivity contribution in [3.05, 3.63) is 0 Å². The third kappa shape index (κ3) is 5.40. The van der Waals surface area contributed by atoms with Crippen molar-refractivity contribution in [2.24, 2.45) is 0 Å². The fraction of sp³-hybridized carbons (Fsp3) is 1.00. The minimum Gasteiger partial charge on any atom is -1.00 e. The van der Waals surface area contributed by atoms with Gasteiger partial charge in [-0.2, -0.15) is 0 Å². The van der Waals surface area contributed by atoms with E-state index in [0.717, 1.165) is 0 Å². The van der Waals surface area contributed by atoms with Crippen LogP contribution in [0.2, 0.25) is 0 Å². The molecule has 10 atom stereocenters. The number of aliphatic hydroxyl groups excluding tert-OH is 8. The summed E-state index contributed by atoms with van der Waals surface area (Å²) in [5, 5.41) is 76.5. The summed E-state index contributed by atoms with van der Waals surface area (Å²) in [5.74, 6) is 0. The zero-order valence-electron chi connectivity index (χ0n) is 15.2. The fourth-order valence-corrected chi connectivity index (χ4v) is 2.57. The Morgan fingerprint density at radius 1 is 0.720 bits per heavy atom. The number of rotatable bonds is 4. The van der Waals surface area contributed by atoms with E-state index in [4.69, 9.17) is 19.3 Å². The summed E-state index contributed by atoms with van der Waals surface area (Å²) in [5.41, 5.74) is 0. The number of hydrogen-bond acceptors (Lipinski definition) is 11. The maximum atomic E-state index is 9.94. The molecule has 2 heterocycles. The van der Waals surface area contributed by atoms with Gasteiger partial charge in [-0.05, 0) is 0 Å². The molecule has 2 fully saturated rings. The van der Waals surface area contributed by atoms with E-state index in [0.29, 0.717) is 0 Å². The van der Waals surface area contributed by atoms with Crippen LogP contribution in [0.4, 0.5) is 0 Å². The van der Waals surface area contributed by atoms with Gasteiger partial charge in [-0.1, -0.05) is 0 Å². The molecule has 2 aliphatic rings. The Labute approximate surface area is 175 Å². The van der Waals surface area contributed by atoms with Crippen LogP contribution in [0.3, 0.4) is 0 Å². The largest absolute Gasteiger partial charge is 2.00 e. The molecule has 13 heteroatoms. The fourth-order valence-electron chi connectivity index (χ4n) is 2.57. The second-order valence-electron chi connectivity index (χ2n) is 5.53. The maximum Gasteiger partial charge on any atom is 2.00 e. The molecule has 0 radical (unpaired) electrons. The van der Waals surface area contributed by atoms with Crippen molar-refractivity contribution >= 4 is 37.7 Å². The van der Waals surface area contributed by atoms with Gasteiger partial charge in [0.1, 0.15) is 48.8 Å². The molecule has 0 aromatic rings. The predicted octanol–water partition coefficient (Wildman–Crippen LogP) is -6.38. The van der Waals surface area contributed by atoms with Gasteiger partial charge in [0.15, 0.2) is 12.6 Å². The monoisotopic (exact) mass is 402 g/mol. The normalized spacial score (nSPS) is 47.5. The van der Waals surface area contributed by atoms with E-state index in [2.05, 4.69) is 0 Å². The quantitative estimate of drug-likeness (QED) is 0.206. The van der Waals surface area contributed by atoms with Crippen molar-refractivity contribution in [1.82, 2.24) is 0 Å². The van der Waals surface area contributed by atoms with Crippen LogP contribution in [0.15, 0.2) is 0 Å². The third-order valence-corrected chi connectivity index (χ3v) is 3.98. The molecule has 0 amide bonds. The third-order valence-electron chi connectivity index (χ3n) is 3.98. The Morgan fingerprint density at radius 2 is 1.28 bits per heavy atom. The zero-order chi connectivity index (χ0) is 17.3. The van der Waals surface area contributed by atoms with Crippen molar-refractivity contribution in [3.8, 4) is 0 Å². The molecular formula is C12H26CaO12. The number of aliphatic hydroxyl groups is 8. The summed E-state index contributed by atoms with van der Waals surface area (Å²) >= 11 is 0. The van der Waals surface area contributed by atoms with Crippen molar-refractivity contribution in [2.45, 2.75) is 61.4 Å². The molecular weight excluding hydrogens is 376 g/mol. The predicted molar refractivity (Wildman–Crippen MR) is 80.2 cm³/mol. The van der Waals surface area contributed by atoms with Gasteiger partial charge < -0.3 is 63.4 Å². The molecule has 2 rings (SSSR count). The Kier molecular flexibility index (Phi) is 11.3. The average molecular weight is 402 g/mol. The van der Waals surface area contributed by atoms with E-state index in [9.17, 15) is 35.7 Å². The van der Waals surface area contributed by atoms with E-state index < -0.39 is 74.6 Å². The Hall–Kier alpha value is 0.780. The Morgan fingerprint density at radius 3 is 1.80 bits per heavy atom. The molecule has 25 heavy (non-hydrogen) atoms. The molecule has 12 nitrogen and oxygen atoms in total. The van der Waals surface area contributed by atoms with E-state index in [1.807, 2.05) is 0 Å². The summed E-state index contributed by atoms with van der Waals surface area (Å²) in [7, 11) is 0. The van der Waals surface area contributed by atoms with E-state index in [-0.39, 0.29) is 46.1 Å². The first-order chi connectivity index (χ1) is 10.8. The second kappa shape index (κ2) is 10.9. The zero-order valence-corrected chi connectivity index (χ0v) is 15.4. The molecule has 0 bridgehead atoms. The average Bonchev–Trinajstić information content (AvgIpc) is 2.55. The van der Waals surface area contributed by atoms with Gasteiger partial charge in [0.05, 0.1) is 13.2 Å².